The Morgan fingerprint density at radius 3 is 2.64 bits per heavy atom. The summed E-state index contributed by atoms with van der Waals surface area (Å²) < 4.78 is 11.1. The third-order valence-corrected chi connectivity index (χ3v) is 5.92. The van der Waals surface area contributed by atoms with E-state index in [0.717, 1.165) is 48.6 Å². The normalized spacial score (nSPS) is 17.6. The fraction of sp³-hybridized carbons (Fsp3) is 0.348. The highest BCUT2D eigenvalue weighted by molar-refractivity contribution is 5.91. The van der Waals surface area contributed by atoms with Crippen molar-refractivity contribution < 1.29 is 14.3 Å². The molecule has 1 amide bonds. The van der Waals surface area contributed by atoms with Gasteiger partial charge in [0.1, 0.15) is 11.5 Å². The molecule has 2 aromatic carbocycles. The van der Waals surface area contributed by atoms with Crippen LogP contribution in [0.25, 0.3) is 6.08 Å². The number of fused-ring (bicyclic) bond motifs is 2. The molecule has 2 aliphatic heterocycles. The molecule has 0 atom stereocenters. The molecule has 5 heteroatoms. The minimum absolute atomic E-state index is 0.0109. The highest BCUT2D eigenvalue weighted by atomic mass is 16.5. The average Bonchev–Trinajstić information content (AvgIpc) is 3.10. The van der Waals surface area contributed by atoms with Gasteiger partial charge in [0.15, 0.2) is 0 Å². The molecule has 0 saturated carbocycles. The summed E-state index contributed by atoms with van der Waals surface area (Å²) in [5, 5.41) is 0. The van der Waals surface area contributed by atoms with Crippen molar-refractivity contribution >= 4 is 12.0 Å². The summed E-state index contributed by atoms with van der Waals surface area (Å²) in [5.74, 6) is 1.83. The lowest BCUT2D eigenvalue weighted by Crippen LogP contribution is -2.45. The summed E-state index contributed by atoms with van der Waals surface area (Å²) in [6, 6.07) is 13.9. The fourth-order valence-electron chi connectivity index (χ4n) is 4.09. The Morgan fingerprint density at radius 2 is 1.96 bits per heavy atom. The molecule has 0 unspecified atom stereocenters. The van der Waals surface area contributed by atoms with E-state index in [0.29, 0.717) is 13.2 Å². The van der Waals surface area contributed by atoms with E-state index in [1.807, 2.05) is 47.4 Å². The van der Waals surface area contributed by atoms with Gasteiger partial charge in [-0.15, -0.1) is 0 Å². The molecule has 5 nitrogen and oxygen atoms in total. The highest BCUT2D eigenvalue weighted by Crippen LogP contribution is 2.45. The summed E-state index contributed by atoms with van der Waals surface area (Å²) in [6.45, 7) is 2.70. The number of carbonyl (C=O) groups is 1. The summed E-state index contributed by atoms with van der Waals surface area (Å²) in [7, 11) is 1.64. The van der Waals surface area contributed by atoms with E-state index in [-0.39, 0.29) is 11.3 Å². The summed E-state index contributed by atoms with van der Waals surface area (Å²) in [5.41, 5.74) is 9.19. The maximum Gasteiger partial charge on any atom is 0.246 e. The van der Waals surface area contributed by atoms with Crippen LogP contribution in [0.2, 0.25) is 0 Å². The zero-order chi connectivity index (χ0) is 19.6. The quantitative estimate of drug-likeness (QED) is 0.831. The second-order valence-corrected chi connectivity index (χ2v) is 7.54. The standard InChI is InChI=1S/C23H26N2O3/c1-27-19-6-2-17(3-7-19)5-9-22(26)25-12-10-23(11-13-25)16-28-21-8-4-18(15-24)14-20(21)23/h2-9,14H,10-13,15-16,24H2,1H3. The van der Waals surface area contributed by atoms with Crippen molar-refractivity contribution in [2.24, 2.45) is 5.73 Å². The molecule has 1 saturated heterocycles. The highest BCUT2D eigenvalue weighted by Gasteiger charge is 2.43. The van der Waals surface area contributed by atoms with E-state index >= 15 is 0 Å². The average molecular weight is 378 g/mol. The Kier molecular flexibility index (Phi) is 5.09. The van der Waals surface area contributed by atoms with Crippen LogP contribution in [-0.2, 0) is 16.8 Å². The number of amides is 1. The predicted molar refractivity (Wildman–Crippen MR) is 109 cm³/mol. The summed E-state index contributed by atoms with van der Waals surface area (Å²) >= 11 is 0. The summed E-state index contributed by atoms with van der Waals surface area (Å²) in [4.78, 5) is 14.5. The van der Waals surface area contributed by atoms with Crippen LogP contribution in [0.1, 0.15) is 29.5 Å². The van der Waals surface area contributed by atoms with Gasteiger partial charge in [-0.25, -0.2) is 0 Å². The van der Waals surface area contributed by atoms with Crippen molar-refractivity contribution in [2.45, 2.75) is 24.8 Å². The van der Waals surface area contributed by atoms with Gasteiger partial charge in [0.05, 0.1) is 13.7 Å². The van der Waals surface area contributed by atoms with Crippen LogP contribution in [0, 0.1) is 0 Å². The molecule has 0 radical (unpaired) electrons. The summed E-state index contributed by atoms with van der Waals surface area (Å²) in [6.07, 6.45) is 5.34. The Labute approximate surface area is 165 Å². The Bertz CT molecular complexity index is 881. The number of ether oxygens (including phenoxy) is 2. The molecule has 1 fully saturated rings. The van der Waals surface area contributed by atoms with E-state index in [1.165, 1.54) is 5.56 Å². The van der Waals surface area contributed by atoms with Gasteiger partial charge in [-0.3, -0.25) is 4.79 Å². The molecule has 2 heterocycles. The van der Waals surface area contributed by atoms with Crippen molar-refractivity contribution in [3.63, 3.8) is 0 Å². The maximum absolute atomic E-state index is 12.6. The second kappa shape index (κ2) is 7.68. The zero-order valence-electron chi connectivity index (χ0n) is 16.2. The molecule has 0 bridgehead atoms. The van der Waals surface area contributed by atoms with Gasteiger partial charge in [-0.05, 0) is 48.2 Å². The monoisotopic (exact) mass is 378 g/mol. The molecule has 2 aliphatic rings. The SMILES string of the molecule is COc1ccc(C=CC(=O)N2CCC3(CC2)COc2ccc(CN)cc23)cc1. The van der Waals surface area contributed by atoms with E-state index in [9.17, 15) is 4.79 Å². The van der Waals surface area contributed by atoms with Gasteiger partial charge in [0.25, 0.3) is 0 Å². The number of nitrogens with two attached hydrogens (primary N) is 1. The third kappa shape index (κ3) is 3.50. The lowest BCUT2D eigenvalue weighted by atomic mass is 9.74. The molecule has 146 valence electrons. The molecular weight excluding hydrogens is 352 g/mol. The molecule has 2 aromatic rings. The molecule has 28 heavy (non-hydrogen) atoms. The number of hydrogen-bond acceptors (Lipinski definition) is 4. The van der Waals surface area contributed by atoms with Gasteiger partial charge < -0.3 is 20.1 Å². The Hall–Kier alpha value is -2.79. The number of hydrogen-bond donors (Lipinski definition) is 1. The number of likely N-dealkylation sites (tertiary alicyclic amines) is 1. The van der Waals surface area contributed by atoms with Gasteiger partial charge in [0.2, 0.25) is 5.91 Å². The van der Waals surface area contributed by atoms with Gasteiger partial charge in [-0.1, -0.05) is 24.3 Å². The van der Waals surface area contributed by atoms with Gasteiger partial charge in [-0.2, -0.15) is 0 Å². The first-order valence-corrected chi connectivity index (χ1v) is 9.71. The van der Waals surface area contributed by atoms with Crippen LogP contribution < -0.4 is 15.2 Å². The largest absolute Gasteiger partial charge is 0.497 e. The topological polar surface area (TPSA) is 64.8 Å². The van der Waals surface area contributed by atoms with E-state index in [2.05, 4.69) is 6.07 Å². The van der Waals surface area contributed by atoms with Crippen molar-refractivity contribution in [3.8, 4) is 11.5 Å². The number of methoxy groups -OCH3 is 1. The van der Waals surface area contributed by atoms with Crippen LogP contribution >= 0.6 is 0 Å². The number of nitrogens with zero attached hydrogens (tertiary/aromatic N) is 1. The zero-order valence-corrected chi connectivity index (χ0v) is 16.2. The first-order valence-electron chi connectivity index (χ1n) is 9.71. The molecular formula is C23H26N2O3. The van der Waals surface area contributed by atoms with Gasteiger partial charge >= 0.3 is 0 Å². The molecule has 0 aliphatic carbocycles. The molecule has 2 N–H and O–H groups in total. The number of piperidine rings is 1. The lowest BCUT2D eigenvalue weighted by Gasteiger charge is -2.38. The first-order chi connectivity index (χ1) is 13.6. The number of benzene rings is 2. The lowest BCUT2D eigenvalue weighted by molar-refractivity contribution is -0.127. The first kappa shape index (κ1) is 18.6. The fourth-order valence-corrected chi connectivity index (χ4v) is 4.09. The van der Waals surface area contributed by atoms with Crippen molar-refractivity contribution in [2.75, 3.05) is 26.8 Å². The maximum atomic E-state index is 12.6. The minimum Gasteiger partial charge on any atom is -0.497 e. The predicted octanol–water partition coefficient (Wildman–Crippen LogP) is 3.12. The van der Waals surface area contributed by atoms with Gasteiger partial charge in [0, 0.05) is 36.7 Å². The van der Waals surface area contributed by atoms with Crippen LogP contribution in [0.15, 0.2) is 48.5 Å². The molecule has 1 spiro atoms. The third-order valence-electron chi connectivity index (χ3n) is 5.92. The van der Waals surface area contributed by atoms with E-state index < -0.39 is 0 Å². The second-order valence-electron chi connectivity index (χ2n) is 7.54. The van der Waals surface area contributed by atoms with Crippen LogP contribution in [0.4, 0.5) is 0 Å². The molecule has 4 rings (SSSR count). The van der Waals surface area contributed by atoms with Crippen LogP contribution in [0.5, 0.6) is 11.5 Å². The van der Waals surface area contributed by atoms with Crippen LogP contribution in [-0.4, -0.2) is 37.6 Å². The minimum atomic E-state index is 0.0109. The Balaban J connectivity index is 1.40. The molecule has 0 aromatic heterocycles. The van der Waals surface area contributed by atoms with E-state index in [1.54, 1.807) is 13.2 Å². The van der Waals surface area contributed by atoms with Crippen molar-refractivity contribution in [3.05, 3.63) is 65.2 Å². The number of rotatable bonds is 4. The van der Waals surface area contributed by atoms with E-state index in [4.69, 9.17) is 15.2 Å². The Morgan fingerprint density at radius 1 is 1.21 bits per heavy atom. The van der Waals surface area contributed by atoms with Crippen LogP contribution in [0.3, 0.4) is 0 Å². The smallest absolute Gasteiger partial charge is 0.246 e. The number of carbonyl (C=O) groups excluding carboxylic acids is 1. The van der Waals surface area contributed by atoms with Crippen molar-refractivity contribution in [1.82, 2.24) is 4.90 Å². The van der Waals surface area contributed by atoms with Crippen molar-refractivity contribution in [1.29, 1.82) is 0 Å².